The van der Waals surface area contributed by atoms with Crippen LogP contribution in [0.5, 0.6) is 5.75 Å². The summed E-state index contributed by atoms with van der Waals surface area (Å²) in [4.78, 5) is 38.2. The number of methoxy groups -OCH3 is 1. The quantitative estimate of drug-likeness (QED) is 0.828. The van der Waals surface area contributed by atoms with Crippen molar-refractivity contribution >= 4 is 17.8 Å². The number of nitrogens with one attached hydrogen (secondary N) is 1. The molecule has 1 saturated heterocycles. The molecule has 0 saturated carbocycles. The number of hydrogen-bond donors (Lipinski definition) is 2. The average Bonchev–Trinajstić information content (AvgIpc) is 2.73. The van der Waals surface area contributed by atoms with E-state index in [1.165, 1.54) is 12.1 Å². The number of nitrogens with zero attached hydrogens (tertiary/aromatic N) is 1. The number of amides is 2. The van der Waals surface area contributed by atoms with Gasteiger partial charge in [0.25, 0.3) is 11.8 Å². The van der Waals surface area contributed by atoms with Crippen LogP contribution in [-0.4, -0.2) is 54.0 Å². The molecule has 28 heavy (non-hydrogen) atoms. The number of carbonyl (C=O) groups is 3. The first kappa shape index (κ1) is 19.4. The van der Waals surface area contributed by atoms with Gasteiger partial charge in [0.1, 0.15) is 5.75 Å². The second-order valence-electron chi connectivity index (χ2n) is 6.62. The molecule has 3 rings (SSSR count). The van der Waals surface area contributed by atoms with E-state index in [1.54, 1.807) is 48.4 Å². The number of carbonyl (C=O) groups excluding carboxylic acids is 2. The summed E-state index contributed by atoms with van der Waals surface area (Å²) in [6, 6.07) is 13.0. The van der Waals surface area contributed by atoms with Gasteiger partial charge in [0.05, 0.1) is 18.2 Å². The van der Waals surface area contributed by atoms with Gasteiger partial charge in [-0.3, -0.25) is 9.59 Å². The minimum atomic E-state index is -1.13. The molecule has 2 N–H and O–H groups in total. The van der Waals surface area contributed by atoms with Gasteiger partial charge in [0.15, 0.2) is 0 Å². The molecule has 2 amide bonds. The lowest BCUT2D eigenvalue weighted by atomic mass is 10.0. The van der Waals surface area contributed by atoms with Crippen LogP contribution in [0.3, 0.4) is 0 Å². The molecule has 1 heterocycles. The SMILES string of the molecule is COc1cccc(C(=O)N2CCC(NC(=O)c3ccccc3C(=O)O)CC2)c1. The highest BCUT2D eigenvalue weighted by Crippen LogP contribution is 2.18. The molecule has 0 radical (unpaired) electrons. The Morgan fingerprint density at radius 2 is 1.71 bits per heavy atom. The van der Waals surface area contributed by atoms with E-state index in [-0.39, 0.29) is 23.1 Å². The van der Waals surface area contributed by atoms with Crippen LogP contribution < -0.4 is 10.1 Å². The first-order chi connectivity index (χ1) is 13.5. The second kappa shape index (κ2) is 8.56. The minimum Gasteiger partial charge on any atom is -0.497 e. The Labute approximate surface area is 162 Å². The van der Waals surface area contributed by atoms with E-state index in [1.807, 2.05) is 0 Å². The number of aromatic carboxylic acids is 1. The summed E-state index contributed by atoms with van der Waals surface area (Å²) < 4.78 is 5.16. The highest BCUT2D eigenvalue weighted by atomic mass is 16.5. The Morgan fingerprint density at radius 3 is 2.36 bits per heavy atom. The Kier molecular flexibility index (Phi) is 5.93. The lowest BCUT2D eigenvalue weighted by Gasteiger charge is -2.32. The van der Waals surface area contributed by atoms with Crippen molar-refractivity contribution < 1.29 is 24.2 Å². The maximum Gasteiger partial charge on any atom is 0.336 e. The number of likely N-dealkylation sites (tertiary alicyclic amines) is 1. The third-order valence-electron chi connectivity index (χ3n) is 4.84. The number of benzene rings is 2. The van der Waals surface area contributed by atoms with E-state index in [4.69, 9.17) is 4.74 Å². The van der Waals surface area contributed by atoms with Gasteiger partial charge < -0.3 is 20.1 Å². The normalized spacial score (nSPS) is 14.4. The molecule has 2 aromatic rings. The predicted octanol–water partition coefficient (Wildman–Crippen LogP) is 2.43. The van der Waals surface area contributed by atoms with Gasteiger partial charge in [-0.15, -0.1) is 0 Å². The molecule has 0 spiro atoms. The molecule has 0 aliphatic carbocycles. The topological polar surface area (TPSA) is 95.9 Å². The van der Waals surface area contributed by atoms with E-state index in [0.29, 0.717) is 37.2 Å². The summed E-state index contributed by atoms with van der Waals surface area (Å²) in [5.74, 6) is -0.981. The zero-order chi connectivity index (χ0) is 20.1. The fourth-order valence-corrected chi connectivity index (χ4v) is 3.30. The molecule has 2 aromatic carbocycles. The molecular weight excluding hydrogens is 360 g/mol. The summed E-state index contributed by atoms with van der Waals surface area (Å²) in [5.41, 5.74) is 0.688. The van der Waals surface area contributed by atoms with Crippen molar-refractivity contribution in [2.75, 3.05) is 20.2 Å². The van der Waals surface area contributed by atoms with Crippen molar-refractivity contribution in [1.82, 2.24) is 10.2 Å². The van der Waals surface area contributed by atoms with Gasteiger partial charge in [-0.2, -0.15) is 0 Å². The van der Waals surface area contributed by atoms with E-state index >= 15 is 0 Å². The molecule has 0 atom stereocenters. The molecule has 0 aromatic heterocycles. The maximum absolute atomic E-state index is 12.7. The van der Waals surface area contributed by atoms with Gasteiger partial charge in [-0.25, -0.2) is 4.79 Å². The molecule has 1 aliphatic heterocycles. The number of hydrogen-bond acceptors (Lipinski definition) is 4. The lowest BCUT2D eigenvalue weighted by molar-refractivity contribution is 0.0675. The van der Waals surface area contributed by atoms with Crippen molar-refractivity contribution in [3.05, 3.63) is 65.2 Å². The first-order valence-electron chi connectivity index (χ1n) is 9.06. The maximum atomic E-state index is 12.7. The Bertz CT molecular complexity index is 888. The minimum absolute atomic E-state index is 0.0226. The highest BCUT2D eigenvalue weighted by Gasteiger charge is 2.26. The summed E-state index contributed by atoms with van der Waals surface area (Å²) >= 11 is 0. The van der Waals surface area contributed by atoms with Crippen molar-refractivity contribution in [2.24, 2.45) is 0 Å². The van der Waals surface area contributed by atoms with Crippen molar-refractivity contribution in [3.63, 3.8) is 0 Å². The molecule has 0 unspecified atom stereocenters. The van der Waals surface area contributed by atoms with Crippen LogP contribution in [0, 0.1) is 0 Å². The van der Waals surface area contributed by atoms with Gasteiger partial charge >= 0.3 is 5.97 Å². The van der Waals surface area contributed by atoms with Crippen molar-refractivity contribution in [1.29, 1.82) is 0 Å². The van der Waals surface area contributed by atoms with Crippen LogP contribution in [0.4, 0.5) is 0 Å². The lowest BCUT2D eigenvalue weighted by Crippen LogP contribution is -2.46. The third kappa shape index (κ3) is 4.31. The Hall–Kier alpha value is -3.35. The molecule has 146 valence electrons. The van der Waals surface area contributed by atoms with E-state index in [9.17, 15) is 19.5 Å². The van der Waals surface area contributed by atoms with Crippen molar-refractivity contribution in [3.8, 4) is 5.75 Å². The van der Waals surface area contributed by atoms with Gasteiger partial charge in [-0.05, 0) is 43.2 Å². The van der Waals surface area contributed by atoms with Gasteiger partial charge in [0.2, 0.25) is 0 Å². The van der Waals surface area contributed by atoms with Crippen molar-refractivity contribution in [2.45, 2.75) is 18.9 Å². The van der Waals surface area contributed by atoms with E-state index < -0.39 is 11.9 Å². The summed E-state index contributed by atoms with van der Waals surface area (Å²) in [6.07, 6.45) is 1.22. The van der Waals surface area contributed by atoms with Gasteiger partial charge in [-0.1, -0.05) is 18.2 Å². The molecule has 1 fully saturated rings. The zero-order valence-corrected chi connectivity index (χ0v) is 15.6. The summed E-state index contributed by atoms with van der Waals surface area (Å²) in [7, 11) is 1.56. The molecular formula is C21H22N2O5. The van der Waals surface area contributed by atoms with E-state index in [0.717, 1.165) is 0 Å². The highest BCUT2D eigenvalue weighted by molar-refractivity contribution is 6.04. The second-order valence-corrected chi connectivity index (χ2v) is 6.62. The number of carboxylic acid groups (broad SMARTS) is 1. The number of ether oxygens (including phenoxy) is 1. The van der Waals surface area contributed by atoms with Crippen LogP contribution in [0.25, 0.3) is 0 Å². The number of carboxylic acids is 1. The molecule has 0 bridgehead atoms. The summed E-state index contributed by atoms with van der Waals surface area (Å²) in [6.45, 7) is 1.03. The predicted molar refractivity (Wildman–Crippen MR) is 103 cm³/mol. The first-order valence-corrected chi connectivity index (χ1v) is 9.06. The fraction of sp³-hybridized carbons (Fsp3) is 0.286. The smallest absolute Gasteiger partial charge is 0.336 e. The van der Waals surface area contributed by atoms with Crippen LogP contribution in [0.2, 0.25) is 0 Å². The molecule has 7 heteroatoms. The monoisotopic (exact) mass is 382 g/mol. The van der Waals surface area contributed by atoms with Crippen LogP contribution in [0.15, 0.2) is 48.5 Å². The molecule has 7 nitrogen and oxygen atoms in total. The number of piperidine rings is 1. The third-order valence-corrected chi connectivity index (χ3v) is 4.84. The standard InChI is InChI=1S/C21H22N2O5/c1-28-16-6-4-5-14(13-16)20(25)23-11-9-15(10-12-23)22-19(24)17-7-2-3-8-18(17)21(26)27/h2-8,13,15H,9-12H2,1H3,(H,22,24)(H,26,27). The zero-order valence-electron chi connectivity index (χ0n) is 15.6. The average molecular weight is 382 g/mol. The van der Waals surface area contributed by atoms with Crippen LogP contribution in [0.1, 0.15) is 43.9 Å². The number of rotatable bonds is 5. The Morgan fingerprint density at radius 1 is 1.04 bits per heavy atom. The molecule has 1 aliphatic rings. The Balaban J connectivity index is 1.59. The van der Waals surface area contributed by atoms with Gasteiger partial charge in [0, 0.05) is 24.7 Å². The largest absolute Gasteiger partial charge is 0.497 e. The fourth-order valence-electron chi connectivity index (χ4n) is 3.30. The summed E-state index contributed by atoms with van der Waals surface area (Å²) in [5, 5.41) is 12.1. The van der Waals surface area contributed by atoms with Crippen LogP contribution >= 0.6 is 0 Å². The van der Waals surface area contributed by atoms with Crippen LogP contribution in [-0.2, 0) is 0 Å². The van der Waals surface area contributed by atoms with E-state index in [2.05, 4.69) is 5.32 Å².